The molecule has 0 radical (unpaired) electrons. The second kappa shape index (κ2) is 5.96. The fourth-order valence-electron chi connectivity index (χ4n) is 1.53. The molecule has 0 amide bonds. The first kappa shape index (κ1) is 13.1. The molecule has 1 atom stereocenters. The molecule has 0 aromatic carbocycles. The summed E-state index contributed by atoms with van der Waals surface area (Å²) in [6.07, 6.45) is 1.40. The Morgan fingerprint density at radius 3 is 2.80 bits per heavy atom. The van der Waals surface area contributed by atoms with Gasteiger partial charge in [0.2, 0.25) is 0 Å². The van der Waals surface area contributed by atoms with Gasteiger partial charge in [-0.25, -0.2) is 0 Å². The molecule has 0 aliphatic carbocycles. The first-order valence-electron chi connectivity index (χ1n) is 4.77. The van der Waals surface area contributed by atoms with Gasteiger partial charge in [0.25, 0.3) is 0 Å². The number of hydrogen-bond acceptors (Lipinski definition) is 4. The van der Waals surface area contributed by atoms with Crippen LogP contribution in [0.2, 0.25) is 0 Å². The average molecular weight is 294 g/mol. The highest BCUT2D eigenvalue weighted by molar-refractivity contribution is 9.10. The quantitative estimate of drug-likeness (QED) is 0.844. The van der Waals surface area contributed by atoms with E-state index >= 15 is 0 Å². The lowest BCUT2D eigenvalue weighted by Gasteiger charge is -2.27. The second-order valence-corrected chi connectivity index (χ2v) is 5.09. The molecule has 0 saturated heterocycles. The summed E-state index contributed by atoms with van der Waals surface area (Å²) >= 11 is 4.99. The summed E-state index contributed by atoms with van der Waals surface area (Å²) in [6, 6.07) is 0. The van der Waals surface area contributed by atoms with Crippen LogP contribution in [0.15, 0.2) is 15.2 Å². The zero-order valence-electron chi connectivity index (χ0n) is 8.70. The van der Waals surface area contributed by atoms with Crippen molar-refractivity contribution in [3.8, 4) is 0 Å². The molecule has 1 unspecified atom stereocenters. The van der Waals surface area contributed by atoms with Crippen molar-refractivity contribution in [2.75, 3.05) is 20.3 Å². The lowest BCUT2D eigenvalue weighted by atomic mass is 9.92. The molecule has 0 saturated carbocycles. The molecular weight excluding hydrogens is 278 g/mol. The lowest BCUT2D eigenvalue weighted by Crippen LogP contribution is -2.31. The molecule has 0 fully saturated rings. The van der Waals surface area contributed by atoms with E-state index in [1.165, 1.54) is 0 Å². The van der Waals surface area contributed by atoms with Gasteiger partial charge < -0.3 is 15.6 Å². The zero-order valence-corrected chi connectivity index (χ0v) is 11.1. The molecule has 1 aromatic heterocycles. The van der Waals surface area contributed by atoms with E-state index in [0.717, 1.165) is 16.5 Å². The number of rotatable bonds is 6. The lowest BCUT2D eigenvalue weighted by molar-refractivity contribution is -0.0431. The summed E-state index contributed by atoms with van der Waals surface area (Å²) in [5.74, 6) is 0. The van der Waals surface area contributed by atoms with Crippen LogP contribution in [-0.2, 0) is 10.3 Å². The Morgan fingerprint density at radius 1 is 1.60 bits per heavy atom. The molecule has 0 aliphatic rings. The van der Waals surface area contributed by atoms with E-state index in [4.69, 9.17) is 10.5 Å². The van der Waals surface area contributed by atoms with Crippen LogP contribution in [0, 0.1) is 0 Å². The minimum Gasteiger partial charge on any atom is -0.383 e. The molecule has 1 heterocycles. The Balaban J connectivity index is 2.85. The Bertz CT molecular complexity index is 305. The highest BCUT2D eigenvalue weighted by Gasteiger charge is 2.31. The first-order valence-corrected chi connectivity index (χ1v) is 6.51. The Kier molecular flexibility index (Phi) is 5.22. The fourth-order valence-corrected chi connectivity index (χ4v) is 3.29. The number of ether oxygens (including phenoxy) is 1. The minimum atomic E-state index is -0.924. The predicted octanol–water partition coefficient (Wildman–Crippen LogP) is 2.08. The third-order valence-corrected chi connectivity index (χ3v) is 4.00. The van der Waals surface area contributed by atoms with Gasteiger partial charge in [0.1, 0.15) is 5.60 Å². The summed E-state index contributed by atoms with van der Waals surface area (Å²) < 4.78 is 6.01. The Labute approximate surface area is 102 Å². The van der Waals surface area contributed by atoms with E-state index in [0.29, 0.717) is 19.6 Å². The first-order chi connectivity index (χ1) is 7.14. The largest absolute Gasteiger partial charge is 0.383 e. The molecule has 0 bridgehead atoms. The van der Waals surface area contributed by atoms with E-state index < -0.39 is 5.60 Å². The Hall–Kier alpha value is 0.0600. The van der Waals surface area contributed by atoms with Crippen molar-refractivity contribution in [2.24, 2.45) is 5.73 Å². The van der Waals surface area contributed by atoms with Crippen molar-refractivity contribution >= 4 is 27.3 Å². The van der Waals surface area contributed by atoms with Crippen LogP contribution in [0.25, 0.3) is 0 Å². The Morgan fingerprint density at radius 2 is 2.33 bits per heavy atom. The molecule has 5 heteroatoms. The van der Waals surface area contributed by atoms with Crippen molar-refractivity contribution in [3.63, 3.8) is 0 Å². The molecular formula is C10H16BrNO2S. The molecule has 0 spiro atoms. The highest BCUT2D eigenvalue weighted by Crippen LogP contribution is 2.35. The van der Waals surface area contributed by atoms with Gasteiger partial charge in [-0.3, -0.25) is 0 Å². The molecule has 0 aliphatic heterocycles. The van der Waals surface area contributed by atoms with Gasteiger partial charge in [0, 0.05) is 22.5 Å². The van der Waals surface area contributed by atoms with Crippen LogP contribution < -0.4 is 5.73 Å². The number of aliphatic hydroxyl groups is 1. The van der Waals surface area contributed by atoms with Crippen molar-refractivity contribution in [1.29, 1.82) is 0 Å². The van der Waals surface area contributed by atoms with Crippen molar-refractivity contribution in [1.82, 2.24) is 0 Å². The van der Waals surface area contributed by atoms with Gasteiger partial charge in [0.05, 0.1) is 6.61 Å². The molecule has 3 nitrogen and oxygen atoms in total. The number of halogens is 1. The fraction of sp³-hybridized carbons (Fsp3) is 0.600. The monoisotopic (exact) mass is 293 g/mol. The second-order valence-electron chi connectivity index (χ2n) is 3.49. The standard InChI is InChI=1S/C10H16BrNO2S/c1-14-7-10(13,3-2-4-12)8-5-15-6-9(8)11/h5-6,13H,2-4,7,12H2,1H3. The molecule has 3 N–H and O–H groups in total. The van der Waals surface area contributed by atoms with E-state index in [1.807, 2.05) is 10.8 Å². The van der Waals surface area contributed by atoms with Crippen LogP contribution in [0.4, 0.5) is 0 Å². The molecule has 86 valence electrons. The van der Waals surface area contributed by atoms with E-state index in [2.05, 4.69) is 15.9 Å². The summed E-state index contributed by atoms with van der Waals surface area (Å²) in [5.41, 5.74) is 5.43. The van der Waals surface area contributed by atoms with Crippen LogP contribution in [0.1, 0.15) is 18.4 Å². The average Bonchev–Trinajstić information content (AvgIpc) is 2.62. The highest BCUT2D eigenvalue weighted by atomic mass is 79.9. The normalized spacial score (nSPS) is 15.2. The van der Waals surface area contributed by atoms with Crippen molar-refractivity contribution < 1.29 is 9.84 Å². The van der Waals surface area contributed by atoms with Crippen LogP contribution in [-0.4, -0.2) is 25.4 Å². The zero-order chi connectivity index (χ0) is 11.3. The van der Waals surface area contributed by atoms with Gasteiger partial charge >= 0.3 is 0 Å². The topological polar surface area (TPSA) is 55.5 Å². The van der Waals surface area contributed by atoms with Gasteiger partial charge in [-0.1, -0.05) is 0 Å². The maximum Gasteiger partial charge on any atom is 0.115 e. The van der Waals surface area contributed by atoms with Gasteiger partial charge in [-0.15, -0.1) is 0 Å². The summed E-state index contributed by atoms with van der Waals surface area (Å²) in [4.78, 5) is 0. The predicted molar refractivity (Wildman–Crippen MR) is 66.1 cm³/mol. The van der Waals surface area contributed by atoms with Gasteiger partial charge in [0.15, 0.2) is 0 Å². The van der Waals surface area contributed by atoms with E-state index in [-0.39, 0.29) is 0 Å². The third kappa shape index (κ3) is 3.26. The van der Waals surface area contributed by atoms with Crippen molar-refractivity contribution in [3.05, 3.63) is 20.8 Å². The van der Waals surface area contributed by atoms with E-state index in [1.54, 1.807) is 18.4 Å². The maximum absolute atomic E-state index is 10.5. The van der Waals surface area contributed by atoms with Crippen LogP contribution in [0.5, 0.6) is 0 Å². The minimum absolute atomic E-state index is 0.294. The molecule has 15 heavy (non-hydrogen) atoms. The van der Waals surface area contributed by atoms with Gasteiger partial charge in [-0.05, 0) is 40.7 Å². The summed E-state index contributed by atoms with van der Waals surface area (Å²) in [7, 11) is 1.59. The number of methoxy groups -OCH3 is 1. The van der Waals surface area contributed by atoms with Crippen LogP contribution >= 0.6 is 27.3 Å². The third-order valence-electron chi connectivity index (χ3n) is 2.29. The number of thiophene rings is 1. The van der Waals surface area contributed by atoms with Crippen molar-refractivity contribution in [2.45, 2.75) is 18.4 Å². The number of nitrogens with two attached hydrogens (primary N) is 1. The summed E-state index contributed by atoms with van der Waals surface area (Å²) in [6.45, 7) is 0.871. The van der Waals surface area contributed by atoms with Gasteiger partial charge in [-0.2, -0.15) is 11.3 Å². The smallest absolute Gasteiger partial charge is 0.115 e. The molecule has 1 rings (SSSR count). The number of hydrogen-bond donors (Lipinski definition) is 2. The maximum atomic E-state index is 10.5. The van der Waals surface area contributed by atoms with Crippen LogP contribution in [0.3, 0.4) is 0 Å². The van der Waals surface area contributed by atoms with E-state index in [9.17, 15) is 5.11 Å². The molecule has 1 aromatic rings. The summed E-state index contributed by atoms with van der Waals surface area (Å²) in [5, 5.41) is 14.4. The SMILES string of the molecule is COCC(O)(CCCN)c1cscc1Br.